The minimum Gasteiger partial charge on any atom is -0.394 e. The molecule has 2 bridgehead atoms. The predicted octanol–water partition coefficient (Wildman–Crippen LogP) is 4.23. The molecule has 224 valence electrons. The van der Waals surface area contributed by atoms with E-state index >= 15 is 0 Å². The van der Waals surface area contributed by atoms with Crippen molar-refractivity contribution >= 4 is 35.0 Å². The maximum absolute atomic E-state index is 14.9. The van der Waals surface area contributed by atoms with Gasteiger partial charge in [0.25, 0.3) is 5.91 Å². The van der Waals surface area contributed by atoms with Crippen LogP contribution in [0.4, 0.5) is 5.69 Å². The molecule has 3 aliphatic heterocycles. The van der Waals surface area contributed by atoms with Crippen LogP contribution in [0.3, 0.4) is 0 Å². The van der Waals surface area contributed by atoms with E-state index in [0.717, 1.165) is 5.56 Å². The van der Waals surface area contributed by atoms with Gasteiger partial charge in [-0.1, -0.05) is 63.1 Å². The highest BCUT2D eigenvalue weighted by Crippen LogP contribution is 2.66. The van der Waals surface area contributed by atoms with Gasteiger partial charge in [0.15, 0.2) is 0 Å². The summed E-state index contributed by atoms with van der Waals surface area (Å²) in [6.07, 6.45) is 4.39. The smallest absolute Gasteiger partial charge is 0.253 e. The average Bonchev–Trinajstić information content (AvgIpc) is 3.44. The topological polar surface area (TPSA) is 90.4 Å². The Morgan fingerprint density at radius 2 is 1.93 bits per heavy atom. The highest BCUT2D eigenvalue weighted by atomic mass is 35.5. The standard InChI is InChI=1S/C32H44ClN3O5/c1-9-15-34(8)28(38)24-25-29(39)36(23(18-37)19(4)11-3)27(32(25)17-21(6)31(24,7)41-32)30(40)35(16-10-2)26-20(5)13-12-14-22(26)33/h9-10,12-14,19,21,23-25,27,37H,1-2,11,15-18H2,3-8H3/t19-,21?,23-,24-,25-,27?,31+,32?/m0/s1. The van der Waals surface area contributed by atoms with E-state index in [1.807, 2.05) is 46.8 Å². The van der Waals surface area contributed by atoms with Gasteiger partial charge in [-0.25, -0.2) is 0 Å². The Labute approximate surface area is 248 Å². The molecule has 0 aliphatic carbocycles. The van der Waals surface area contributed by atoms with Crippen LogP contribution in [0.15, 0.2) is 43.5 Å². The Bertz CT molecular complexity index is 1220. The quantitative estimate of drug-likeness (QED) is 0.393. The number of rotatable bonds is 11. The molecule has 4 rings (SSSR count). The Morgan fingerprint density at radius 1 is 1.27 bits per heavy atom. The summed E-state index contributed by atoms with van der Waals surface area (Å²) >= 11 is 6.66. The van der Waals surface area contributed by atoms with Crippen molar-refractivity contribution in [3.05, 3.63) is 54.1 Å². The molecule has 1 N–H and O–H groups in total. The summed E-state index contributed by atoms with van der Waals surface area (Å²) in [7, 11) is 1.69. The Morgan fingerprint density at radius 3 is 2.49 bits per heavy atom. The van der Waals surface area contributed by atoms with Crippen molar-refractivity contribution in [2.75, 3.05) is 31.6 Å². The Balaban J connectivity index is 1.94. The van der Waals surface area contributed by atoms with E-state index in [1.165, 1.54) is 0 Å². The summed E-state index contributed by atoms with van der Waals surface area (Å²) in [6, 6.07) is 3.74. The van der Waals surface area contributed by atoms with Crippen LogP contribution in [0.1, 0.15) is 46.1 Å². The number of para-hydroxylation sites is 1. The number of aliphatic hydroxyl groups is 1. The van der Waals surface area contributed by atoms with Crippen molar-refractivity contribution in [3.63, 3.8) is 0 Å². The van der Waals surface area contributed by atoms with Crippen molar-refractivity contribution in [2.45, 2.75) is 70.7 Å². The van der Waals surface area contributed by atoms with E-state index in [2.05, 4.69) is 13.2 Å². The number of carbonyl (C=O) groups excluding carboxylic acids is 3. The van der Waals surface area contributed by atoms with Crippen molar-refractivity contribution in [1.29, 1.82) is 0 Å². The summed E-state index contributed by atoms with van der Waals surface area (Å²) in [5.41, 5.74) is -0.839. The molecule has 3 unspecified atom stereocenters. The first kappa shape index (κ1) is 31.3. The van der Waals surface area contributed by atoms with Crippen molar-refractivity contribution in [2.24, 2.45) is 23.7 Å². The summed E-state index contributed by atoms with van der Waals surface area (Å²) in [5, 5.41) is 11.0. The van der Waals surface area contributed by atoms with Crippen LogP contribution >= 0.6 is 11.6 Å². The number of carbonyl (C=O) groups is 3. The second kappa shape index (κ2) is 11.5. The molecule has 8 nitrogen and oxygen atoms in total. The molecule has 0 aromatic heterocycles. The molecule has 1 aromatic carbocycles. The predicted molar refractivity (Wildman–Crippen MR) is 161 cm³/mol. The van der Waals surface area contributed by atoms with Gasteiger partial charge in [-0.3, -0.25) is 14.4 Å². The number of fused-ring (bicyclic) bond motifs is 1. The maximum atomic E-state index is 14.9. The molecular formula is C32H44ClN3O5. The highest BCUT2D eigenvalue weighted by Gasteiger charge is 2.80. The van der Waals surface area contributed by atoms with E-state index in [1.54, 1.807) is 40.0 Å². The summed E-state index contributed by atoms with van der Waals surface area (Å²) in [5.74, 6) is -2.74. The minimum absolute atomic E-state index is 0.0982. The highest BCUT2D eigenvalue weighted by molar-refractivity contribution is 6.34. The van der Waals surface area contributed by atoms with E-state index in [4.69, 9.17) is 16.3 Å². The second-order valence-electron chi connectivity index (χ2n) is 12.2. The zero-order valence-electron chi connectivity index (χ0n) is 25.1. The lowest BCUT2D eigenvalue weighted by Gasteiger charge is -2.41. The third-order valence-electron chi connectivity index (χ3n) is 9.91. The number of hydrogen-bond acceptors (Lipinski definition) is 5. The molecule has 3 fully saturated rings. The number of likely N-dealkylation sites (N-methyl/N-ethyl adjacent to an activating group) is 1. The number of amides is 3. The molecule has 8 atom stereocenters. The number of aliphatic hydroxyl groups excluding tert-OH is 1. The van der Waals surface area contributed by atoms with Crippen LogP contribution < -0.4 is 4.90 Å². The van der Waals surface area contributed by atoms with E-state index in [-0.39, 0.29) is 42.7 Å². The molecule has 3 heterocycles. The minimum atomic E-state index is -1.24. The number of aryl methyl sites for hydroxylation is 1. The van der Waals surface area contributed by atoms with Crippen molar-refractivity contribution < 1.29 is 24.2 Å². The number of benzene rings is 1. The van der Waals surface area contributed by atoms with Crippen LogP contribution in [-0.2, 0) is 19.1 Å². The molecule has 1 spiro atoms. The molecule has 1 aromatic rings. The van der Waals surface area contributed by atoms with Crippen LogP contribution in [0, 0.1) is 30.6 Å². The summed E-state index contributed by atoms with van der Waals surface area (Å²) in [6.45, 7) is 17.6. The number of anilines is 1. The van der Waals surface area contributed by atoms with Gasteiger partial charge in [0.2, 0.25) is 11.8 Å². The van der Waals surface area contributed by atoms with E-state index in [9.17, 15) is 19.5 Å². The van der Waals surface area contributed by atoms with Crippen molar-refractivity contribution in [1.82, 2.24) is 9.80 Å². The first-order valence-corrected chi connectivity index (χ1v) is 14.9. The van der Waals surface area contributed by atoms with Gasteiger partial charge < -0.3 is 24.5 Å². The van der Waals surface area contributed by atoms with Gasteiger partial charge in [0, 0.05) is 20.1 Å². The SMILES string of the molecule is C=CCN(C)C(=O)[C@@H]1[C@H]2C(=O)N([C@@H](CO)[C@@H](C)CC)C(C(=O)N(CC=C)c3c(C)cccc3Cl)C23CC(C)[C@@]1(C)O3. The lowest BCUT2D eigenvalue weighted by molar-refractivity contribution is -0.154. The maximum Gasteiger partial charge on any atom is 0.253 e. The molecule has 3 amide bonds. The van der Waals surface area contributed by atoms with Gasteiger partial charge in [0.05, 0.1) is 40.8 Å². The van der Waals surface area contributed by atoms with Gasteiger partial charge >= 0.3 is 0 Å². The number of nitrogens with zero attached hydrogens (tertiary/aromatic N) is 3. The molecule has 0 radical (unpaired) electrons. The zero-order valence-corrected chi connectivity index (χ0v) is 25.9. The first-order chi connectivity index (χ1) is 19.4. The molecule has 3 saturated heterocycles. The van der Waals surface area contributed by atoms with Gasteiger partial charge in [-0.2, -0.15) is 0 Å². The average molecular weight is 586 g/mol. The van der Waals surface area contributed by atoms with Crippen LogP contribution in [0.5, 0.6) is 0 Å². The Hall–Kier alpha value is -2.68. The van der Waals surface area contributed by atoms with Crippen LogP contribution in [-0.4, -0.2) is 82.7 Å². The first-order valence-electron chi connectivity index (χ1n) is 14.5. The molecular weight excluding hydrogens is 542 g/mol. The van der Waals surface area contributed by atoms with Gasteiger partial charge in [-0.15, -0.1) is 13.2 Å². The van der Waals surface area contributed by atoms with Crippen LogP contribution in [0.2, 0.25) is 5.02 Å². The van der Waals surface area contributed by atoms with Crippen molar-refractivity contribution in [3.8, 4) is 0 Å². The number of ether oxygens (including phenoxy) is 1. The Kier molecular flexibility index (Phi) is 8.80. The monoisotopic (exact) mass is 585 g/mol. The summed E-state index contributed by atoms with van der Waals surface area (Å²) in [4.78, 5) is 48.2. The number of hydrogen-bond donors (Lipinski definition) is 1. The fraction of sp³-hybridized carbons (Fsp3) is 0.594. The lowest BCUT2D eigenvalue weighted by atomic mass is 9.62. The second-order valence-corrected chi connectivity index (χ2v) is 12.6. The fourth-order valence-electron chi connectivity index (χ4n) is 7.56. The lowest BCUT2D eigenvalue weighted by Crippen LogP contribution is -2.60. The normalized spacial score (nSPS) is 31.5. The van der Waals surface area contributed by atoms with Gasteiger partial charge in [0.1, 0.15) is 11.6 Å². The van der Waals surface area contributed by atoms with Crippen LogP contribution in [0.25, 0.3) is 0 Å². The largest absolute Gasteiger partial charge is 0.394 e. The summed E-state index contributed by atoms with van der Waals surface area (Å²) < 4.78 is 6.89. The molecule has 41 heavy (non-hydrogen) atoms. The third kappa shape index (κ3) is 4.63. The fourth-order valence-corrected chi connectivity index (χ4v) is 7.88. The van der Waals surface area contributed by atoms with Gasteiger partial charge in [-0.05, 0) is 43.7 Å². The van der Waals surface area contributed by atoms with E-state index in [0.29, 0.717) is 30.1 Å². The molecule has 9 heteroatoms. The number of halogens is 1. The third-order valence-corrected chi connectivity index (χ3v) is 10.2. The molecule has 0 saturated carbocycles. The molecule has 3 aliphatic rings. The number of likely N-dealkylation sites (tertiary alicyclic amines) is 1. The zero-order chi connectivity index (χ0) is 30.4. The van der Waals surface area contributed by atoms with E-state index < -0.39 is 35.1 Å².